The fourth-order valence-corrected chi connectivity index (χ4v) is 2.65. The molecule has 0 radical (unpaired) electrons. The van der Waals surface area contributed by atoms with E-state index >= 15 is 0 Å². The molecule has 0 unspecified atom stereocenters. The van der Waals surface area contributed by atoms with Crippen LogP contribution in [0.1, 0.15) is 11.3 Å². The minimum atomic E-state index is -0.0213. The summed E-state index contributed by atoms with van der Waals surface area (Å²) in [5, 5.41) is 37.6. The van der Waals surface area contributed by atoms with Crippen LogP contribution in [-0.4, -0.2) is 40.5 Å². The molecule has 0 aliphatic carbocycles. The van der Waals surface area contributed by atoms with Crippen molar-refractivity contribution >= 4 is 0 Å². The molecule has 0 aliphatic heterocycles. The molecule has 0 bridgehead atoms. The number of benzene rings is 1. The molecule has 0 aliphatic rings. The number of H-pyrrole nitrogens is 1. The summed E-state index contributed by atoms with van der Waals surface area (Å²) < 4.78 is 1.36. The second-order valence-corrected chi connectivity index (χ2v) is 5.53. The third-order valence-electron chi connectivity index (χ3n) is 3.91. The van der Waals surface area contributed by atoms with E-state index in [4.69, 9.17) is 5.26 Å². The molecule has 0 atom stereocenters. The topological polar surface area (TPSA) is 129 Å². The van der Waals surface area contributed by atoms with E-state index < -0.39 is 0 Å². The Morgan fingerprint density at radius 1 is 1.12 bits per heavy atom. The smallest absolute Gasteiger partial charge is 0.223 e. The second-order valence-electron chi connectivity index (χ2n) is 5.53. The number of pyridine rings is 1. The summed E-state index contributed by atoms with van der Waals surface area (Å²) in [6, 6.07) is 12.5. The van der Waals surface area contributed by atoms with Crippen LogP contribution in [0.25, 0.3) is 28.3 Å². The fraction of sp³-hybridized carbons (Fsp3) is 0.0588. The van der Waals surface area contributed by atoms with E-state index in [1.165, 1.54) is 4.68 Å². The molecule has 0 amide bonds. The number of aromatic hydroxyl groups is 1. The van der Waals surface area contributed by atoms with E-state index in [1.807, 2.05) is 0 Å². The highest BCUT2D eigenvalue weighted by atomic mass is 16.3. The van der Waals surface area contributed by atoms with E-state index in [0.717, 1.165) is 5.56 Å². The van der Waals surface area contributed by atoms with Crippen molar-refractivity contribution < 1.29 is 5.11 Å². The largest absolute Gasteiger partial charge is 0.493 e. The maximum atomic E-state index is 10.7. The van der Waals surface area contributed by atoms with Crippen LogP contribution in [0.15, 0.2) is 42.6 Å². The Morgan fingerprint density at radius 3 is 2.50 bits per heavy atom. The summed E-state index contributed by atoms with van der Waals surface area (Å²) in [7, 11) is 0. The van der Waals surface area contributed by atoms with Crippen LogP contribution in [0.3, 0.4) is 0 Å². The van der Waals surface area contributed by atoms with Gasteiger partial charge in [-0.3, -0.25) is 0 Å². The average molecular weight is 344 g/mol. The van der Waals surface area contributed by atoms with Crippen molar-refractivity contribution in [2.75, 3.05) is 0 Å². The lowest BCUT2D eigenvalue weighted by Crippen LogP contribution is -1.99. The molecule has 2 N–H and O–H groups in total. The van der Waals surface area contributed by atoms with Crippen LogP contribution >= 0.6 is 0 Å². The van der Waals surface area contributed by atoms with Gasteiger partial charge in [-0.05, 0) is 42.0 Å². The van der Waals surface area contributed by atoms with Gasteiger partial charge in [-0.15, -0.1) is 10.2 Å². The molecule has 0 saturated heterocycles. The first-order valence-electron chi connectivity index (χ1n) is 7.66. The van der Waals surface area contributed by atoms with E-state index in [0.29, 0.717) is 34.0 Å². The maximum Gasteiger partial charge on any atom is 0.223 e. The molecule has 9 heteroatoms. The molecule has 9 nitrogen and oxygen atoms in total. The predicted molar refractivity (Wildman–Crippen MR) is 91.1 cm³/mol. The molecule has 4 rings (SSSR count). The third kappa shape index (κ3) is 2.55. The van der Waals surface area contributed by atoms with Crippen molar-refractivity contribution in [3.63, 3.8) is 0 Å². The van der Waals surface area contributed by atoms with Gasteiger partial charge in [0, 0.05) is 11.8 Å². The first-order valence-corrected chi connectivity index (χ1v) is 7.66. The van der Waals surface area contributed by atoms with Crippen LogP contribution < -0.4 is 0 Å². The van der Waals surface area contributed by atoms with Crippen LogP contribution in [0.4, 0.5) is 0 Å². The molecule has 0 saturated carbocycles. The van der Waals surface area contributed by atoms with Crippen molar-refractivity contribution in [1.82, 2.24) is 35.4 Å². The molecule has 4 aromatic rings. The van der Waals surface area contributed by atoms with Gasteiger partial charge >= 0.3 is 0 Å². The van der Waals surface area contributed by atoms with Crippen molar-refractivity contribution in [1.29, 1.82) is 5.26 Å². The first kappa shape index (κ1) is 15.5. The highest BCUT2D eigenvalue weighted by Crippen LogP contribution is 2.34. The molecule has 0 spiro atoms. The standard InChI is InChI=1S/C17H12N8O/c1-10-15(12-4-2-11(8-18)3-5-12)17(26)25(22-10)14-7-6-13(9-19-14)16-20-23-24-21-16/h2-7,9,26H,1H3,(H,20,21,23,24). The summed E-state index contributed by atoms with van der Waals surface area (Å²) in [4.78, 5) is 4.32. The number of tetrazole rings is 1. The van der Waals surface area contributed by atoms with Gasteiger partial charge in [0.15, 0.2) is 5.82 Å². The molecule has 0 fully saturated rings. The average Bonchev–Trinajstić information content (AvgIpc) is 3.31. The number of aromatic nitrogens is 7. The predicted octanol–water partition coefficient (Wildman–Crippen LogP) is 2.00. The summed E-state index contributed by atoms with van der Waals surface area (Å²) in [6.07, 6.45) is 1.58. The normalized spacial score (nSPS) is 10.6. The van der Waals surface area contributed by atoms with Gasteiger partial charge in [-0.1, -0.05) is 12.1 Å². The number of nitrogens with one attached hydrogen (secondary N) is 1. The Kier molecular flexibility index (Phi) is 3.63. The Hall–Kier alpha value is -4.06. The molecule has 3 aromatic heterocycles. The lowest BCUT2D eigenvalue weighted by molar-refractivity contribution is 0.433. The summed E-state index contributed by atoms with van der Waals surface area (Å²) in [6.45, 7) is 1.80. The van der Waals surface area contributed by atoms with Crippen LogP contribution in [0.2, 0.25) is 0 Å². The monoisotopic (exact) mass is 344 g/mol. The van der Waals surface area contributed by atoms with Crippen molar-refractivity contribution in [3.05, 3.63) is 53.9 Å². The third-order valence-corrected chi connectivity index (χ3v) is 3.91. The molecule has 126 valence electrons. The number of aromatic amines is 1. The zero-order valence-corrected chi connectivity index (χ0v) is 13.6. The van der Waals surface area contributed by atoms with Gasteiger partial charge in [-0.2, -0.15) is 20.3 Å². The number of aryl methyl sites for hydroxylation is 1. The van der Waals surface area contributed by atoms with Crippen LogP contribution in [0.5, 0.6) is 5.88 Å². The highest BCUT2D eigenvalue weighted by Gasteiger charge is 2.18. The molecular formula is C17H12N8O. The van der Waals surface area contributed by atoms with E-state index in [2.05, 4.69) is 36.8 Å². The Balaban J connectivity index is 1.73. The maximum absolute atomic E-state index is 10.7. The number of nitrogens with zero attached hydrogens (tertiary/aromatic N) is 7. The quantitative estimate of drug-likeness (QED) is 0.581. The van der Waals surface area contributed by atoms with E-state index in [1.54, 1.807) is 49.5 Å². The second kappa shape index (κ2) is 6.10. The zero-order chi connectivity index (χ0) is 18.1. The summed E-state index contributed by atoms with van der Waals surface area (Å²) >= 11 is 0. The van der Waals surface area contributed by atoms with Crippen molar-refractivity contribution in [2.45, 2.75) is 6.92 Å². The Morgan fingerprint density at radius 2 is 1.88 bits per heavy atom. The Labute approximate surface area is 147 Å². The van der Waals surface area contributed by atoms with Gasteiger partial charge in [0.25, 0.3) is 0 Å². The Bertz CT molecular complexity index is 1090. The number of rotatable bonds is 3. The SMILES string of the molecule is Cc1nn(-c2ccc(-c3nn[nH]n3)cn2)c(O)c1-c1ccc(C#N)cc1. The van der Waals surface area contributed by atoms with Gasteiger partial charge in [0.2, 0.25) is 11.7 Å². The molecule has 26 heavy (non-hydrogen) atoms. The van der Waals surface area contributed by atoms with Crippen molar-refractivity contribution in [3.8, 4) is 40.3 Å². The van der Waals surface area contributed by atoms with E-state index in [9.17, 15) is 5.11 Å². The van der Waals surface area contributed by atoms with E-state index in [-0.39, 0.29) is 5.88 Å². The summed E-state index contributed by atoms with van der Waals surface area (Å²) in [5.74, 6) is 0.868. The lowest BCUT2D eigenvalue weighted by atomic mass is 10.0. The van der Waals surface area contributed by atoms with Gasteiger partial charge < -0.3 is 5.11 Å². The van der Waals surface area contributed by atoms with Gasteiger partial charge in [0.1, 0.15) is 0 Å². The highest BCUT2D eigenvalue weighted by molar-refractivity contribution is 5.72. The number of nitriles is 1. The first-order chi connectivity index (χ1) is 12.7. The fourth-order valence-electron chi connectivity index (χ4n) is 2.65. The molecule has 1 aromatic carbocycles. The lowest BCUT2D eigenvalue weighted by Gasteiger charge is -2.04. The summed E-state index contributed by atoms with van der Waals surface area (Å²) in [5.41, 5.74) is 3.26. The van der Waals surface area contributed by atoms with Crippen LogP contribution in [-0.2, 0) is 0 Å². The number of hydrogen-bond donors (Lipinski definition) is 2. The van der Waals surface area contributed by atoms with Crippen LogP contribution in [0, 0.1) is 18.3 Å². The zero-order valence-electron chi connectivity index (χ0n) is 13.6. The molecular weight excluding hydrogens is 332 g/mol. The molecule has 3 heterocycles. The minimum absolute atomic E-state index is 0.0213. The number of hydrogen-bond acceptors (Lipinski definition) is 7. The van der Waals surface area contributed by atoms with Gasteiger partial charge in [-0.25, -0.2) is 4.98 Å². The minimum Gasteiger partial charge on any atom is -0.493 e. The van der Waals surface area contributed by atoms with Crippen molar-refractivity contribution in [2.24, 2.45) is 0 Å². The van der Waals surface area contributed by atoms with Gasteiger partial charge in [0.05, 0.1) is 22.9 Å².